The van der Waals surface area contributed by atoms with Crippen molar-refractivity contribution in [3.05, 3.63) is 71.2 Å². The molecule has 3 aromatic rings. The average Bonchev–Trinajstić information content (AvgIpc) is 3.32. The van der Waals surface area contributed by atoms with Crippen molar-refractivity contribution in [3.63, 3.8) is 0 Å². The minimum Gasteiger partial charge on any atom is -0.369 e. The van der Waals surface area contributed by atoms with E-state index in [9.17, 15) is 9.18 Å². The van der Waals surface area contributed by atoms with Crippen LogP contribution in [0.3, 0.4) is 0 Å². The Morgan fingerprint density at radius 3 is 2.96 bits per heavy atom. The molecule has 0 aliphatic carbocycles. The summed E-state index contributed by atoms with van der Waals surface area (Å²) in [5.41, 5.74) is 4.95. The standard InChI is InChI=1S/C21H21FN4O/c1-14-12-16(6-7-17(14)22)18-13-19(25-24-18)21(27)23-9-11-26-10-8-15-4-2-3-5-20(15)26/h2-7,12-13H,8-11H2,1H3,(H,23,27)(H,24,25). The second-order valence-corrected chi connectivity index (χ2v) is 6.75. The van der Waals surface area contributed by atoms with E-state index in [4.69, 9.17) is 0 Å². The van der Waals surface area contributed by atoms with Gasteiger partial charge in [-0.25, -0.2) is 4.39 Å². The normalized spacial score (nSPS) is 12.9. The van der Waals surface area contributed by atoms with Crippen LogP contribution >= 0.6 is 0 Å². The summed E-state index contributed by atoms with van der Waals surface area (Å²) in [6, 6.07) is 14.8. The fourth-order valence-corrected chi connectivity index (χ4v) is 3.43. The molecule has 0 spiro atoms. The molecule has 5 nitrogen and oxygen atoms in total. The monoisotopic (exact) mass is 364 g/mol. The van der Waals surface area contributed by atoms with Gasteiger partial charge in [-0.3, -0.25) is 9.89 Å². The molecule has 0 fully saturated rings. The van der Waals surface area contributed by atoms with E-state index in [0.717, 1.165) is 25.1 Å². The van der Waals surface area contributed by atoms with Crippen LogP contribution in [-0.2, 0) is 6.42 Å². The fourth-order valence-electron chi connectivity index (χ4n) is 3.43. The van der Waals surface area contributed by atoms with Crippen LogP contribution in [0.4, 0.5) is 10.1 Å². The molecule has 2 heterocycles. The molecule has 6 heteroatoms. The number of H-pyrrole nitrogens is 1. The van der Waals surface area contributed by atoms with E-state index in [-0.39, 0.29) is 11.7 Å². The van der Waals surface area contributed by atoms with Crippen LogP contribution in [0.25, 0.3) is 11.3 Å². The first-order valence-electron chi connectivity index (χ1n) is 9.05. The number of amides is 1. The maximum atomic E-state index is 13.4. The topological polar surface area (TPSA) is 61.0 Å². The third kappa shape index (κ3) is 3.56. The van der Waals surface area contributed by atoms with Gasteiger partial charge in [0.25, 0.3) is 5.91 Å². The highest BCUT2D eigenvalue weighted by Crippen LogP contribution is 2.26. The van der Waals surface area contributed by atoms with E-state index in [1.165, 1.54) is 17.3 Å². The van der Waals surface area contributed by atoms with Crippen molar-refractivity contribution >= 4 is 11.6 Å². The summed E-state index contributed by atoms with van der Waals surface area (Å²) in [5.74, 6) is -0.448. The molecule has 1 aliphatic heterocycles. The van der Waals surface area contributed by atoms with Gasteiger partial charge < -0.3 is 10.2 Å². The molecule has 0 saturated heterocycles. The molecule has 0 radical (unpaired) electrons. The summed E-state index contributed by atoms with van der Waals surface area (Å²) in [5, 5.41) is 9.87. The number of benzene rings is 2. The Morgan fingerprint density at radius 1 is 1.26 bits per heavy atom. The maximum absolute atomic E-state index is 13.4. The molecule has 4 rings (SSSR count). The number of para-hydroxylation sites is 1. The van der Waals surface area contributed by atoms with Gasteiger partial charge in [-0.05, 0) is 54.8 Å². The van der Waals surface area contributed by atoms with Crippen molar-refractivity contribution < 1.29 is 9.18 Å². The number of nitrogens with one attached hydrogen (secondary N) is 2. The average molecular weight is 364 g/mol. The van der Waals surface area contributed by atoms with Crippen LogP contribution < -0.4 is 10.2 Å². The number of hydrogen-bond donors (Lipinski definition) is 2. The lowest BCUT2D eigenvalue weighted by Crippen LogP contribution is -2.34. The third-order valence-corrected chi connectivity index (χ3v) is 4.93. The summed E-state index contributed by atoms with van der Waals surface area (Å²) < 4.78 is 13.4. The van der Waals surface area contributed by atoms with E-state index in [2.05, 4.69) is 38.6 Å². The Kier molecular flexibility index (Phi) is 4.62. The van der Waals surface area contributed by atoms with Crippen molar-refractivity contribution in [2.45, 2.75) is 13.3 Å². The Bertz CT molecular complexity index is 982. The van der Waals surface area contributed by atoms with Crippen LogP contribution in [0.15, 0.2) is 48.5 Å². The van der Waals surface area contributed by atoms with Crippen molar-refractivity contribution in [1.82, 2.24) is 15.5 Å². The van der Waals surface area contributed by atoms with Crippen molar-refractivity contribution in [1.29, 1.82) is 0 Å². The van der Waals surface area contributed by atoms with Gasteiger partial charge in [-0.15, -0.1) is 0 Å². The highest BCUT2D eigenvalue weighted by molar-refractivity contribution is 5.93. The summed E-state index contributed by atoms with van der Waals surface area (Å²) in [7, 11) is 0. The van der Waals surface area contributed by atoms with Crippen LogP contribution in [0, 0.1) is 12.7 Å². The van der Waals surface area contributed by atoms with Gasteiger partial charge >= 0.3 is 0 Å². The number of hydrogen-bond acceptors (Lipinski definition) is 3. The Balaban J connectivity index is 1.35. The molecule has 1 aliphatic rings. The summed E-state index contributed by atoms with van der Waals surface area (Å²) >= 11 is 0. The summed E-state index contributed by atoms with van der Waals surface area (Å²) in [4.78, 5) is 14.7. The Hall–Kier alpha value is -3.15. The second-order valence-electron chi connectivity index (χ2n) is 6.75. The summed E-state index contributed by atoms with van der Waals surface area (Å²) in [6.07, 6.45) is 1.05. The number of carbonyl (C=O) groups excluding carboxylic acids is 1. The van der Waals surface area contributed by atoms with Gasteiger partial charge in [0.1, 0.15) is 11.5 Å². The van der Waals surface area contributed by atoms with Gasteiger partial charge in [0.05, 0.1) is 5.69 Å². The summed E-state index contributed by atoms with van der Waals surface area (Å²) in [6.45, 7) is 4.00. The molecule has 1 amide bonds. The number of fused-ring (bicyclic) bond motifs is 1. The SMILES string of the molecule is Cc1cc(-c2cc(C(=O)NCCN3CCc4ccccc43)[nH]n2)ccc1F. The van der Waals surface area contributed by atoms with E-state index in [1.807, 2.05) is 6.07 Å². The highest BCUT2D eigenvalue weighted by atomic mass is 19.1. The molecule has 0 saturated carbocycles. The fraction of sp³-hybridized carbons (Fsp3) is 0.238. The van der Waals surface area contributed by atoms with Gasteiger partial charge in [-0.1, -0.05) is 18.2 Å². The molecule has 0 unspecified atom stereocenters. The highest BCUT2D eigenvalue weighted by Gasteiger charge is 2.18. The number of aromatic nitrogens is 2. The number of rotatable bonds is 5. The second kappa shape index (κ2) is 7.23. The van der Waals surface area contributed by atoms with Crippen LogP contribution in [0.1, 0.15) is 21.6 Å². The molecule has 0 bridgehead atoms. The van der Waals surface area contributed by atoms with Gasteiger partial charge in [0, 0.05) is 30.9 Å². The van der Waals surface area contributed by atoms with Crippen molar-refractivity contribution in [2.24, 2.45) is 0 Å². The number of aromatic amines is 1. The zero-order chi connectivity index (χ0) is 18.8. The lowest BCUT2D eigenvalue weighted by Gasteiger charge is -2.19. The van der Waals surface area contributed by atoms with E-state index < -0.39 is 0 Å². The lowest BCUT2D eigenvalue weighted by atomic mass is 10.1. The number of aryl methyl sites for hydroxylation is 1. The van der Waals surface area contributed by atoms with Gasteiger partial charge in [0.2, 0.25) is 0 Å². The number of halogens is 1. The van der Waals surface area contributed by atoms with Crippen molar-refractivity contribution in [2.75, 3.05) is 24.5 Å². The predicted octanol–water partition coefficient (Wildman–Crippen LogP) is 3.32. The quantitative estimate of drug-likeness (QED) is 0.730. The molecule has 2 N–H and O–H groups in total. The number of carbonyl (C=O) groups is 1. The lowest BCUT2D eigenvalue weighted by molar-refractivity contribution is 0.0949. The Labute approximate surface area is 157 Å². The first-order valence-corrected chi connectivity index (χ1v) is 9.05. The van der Waals surface area contributed by atoms with E-state index >= 15 is 0 Å². The van der Waals surface area contributed by atoms with Crippen LogP contribution in [-0.4, -0.2) is 35.7 Å². The minimum absolute atomic E-state index is 0.194. The van der Waals surface area contributed by atoms with E-state index in [0.29, 0.717) is 23.5 Å². The maximum Gasteiger partial charge on any atom is 0.269 e. The van der Waals surface area contributed by atoms with Crippen molar-refractivity contribution in [3.8, 4) is 11.3 Å². The molecular weight excluding hydrogens is 343 g/mol. The largest absolute Gasteiger partial charge is 0.369 e. The molecule has 27 heavy (non-hydrogen) atoms. The van der Waals surface area contributed by atoms with Gasteiger partial charge in [0.15, 0.2) is 0 Å². The first-order chi connectivity index (χ1) is 13.1. The van der Waals surface area contributed by atoms with Crippen LogP contribution in [0.2, 0.25) is 0 Å². The van der Waals surface area contributed by atoms with Crippen LogP contribution in [0.5, 0.6) is 0 Å². The Morgan fingerprint density at radius 2 is 2.11 bits per heavy atom. The smallest absolute Gasteiger partial charge is 0.269 e. The molecule has 2 aromatic carbocycles. The zero-order valence-electron chi connectivity index (χ0n) is 15.1. The zero-order valence-corrected chi connectivity index (χ0v) is 15.1. The molecule has 138 valence electrons. The molecule has 1 aromatic heterocycles. The first kappa shape index (κ1) is 17.3. The predicted molar refractivity (Wildman–Crippen MR) is 103 cm³/mol. The van der Waals surface area contributed by atoms with Gasteiger partial charge in [-0.2, -0.15) is 5.10 Å². The third-order valence-electron chi connectivity index (χ3n) is 4.93. The minimum atomic E-state index is -0.254. The number of nitrogens with zero attached hydrogens (tertiary/aromatic N) is 2. The van der Waals surface area contributed by atoms with E-state index in [1.54, 1.807) is 25.1 Å². The molecule has 0 atom stereocenters. The number of anilines is 1. The molecular formula is C21H21FN4O.